The van der Waals surface area contributed by atoms with E-state index >= 15 is 0 Å². The monoisotopic (exact) mass is 244 g/mol. The molecule has 3 heterocycles. The summed E-state index contributed by atoms with van der Waals surface area (Å²) in [5.74, 6) is 1.09. The number of nitrogens with zero attached hydrogens (tertiary/aromatic N) is 1. The number of rotatable bonds is 5. The van der Waals surface area contributed by atoms with Crippen LogP contribution in [0.25, 0.3) is 0 Å². The Kier molecular flexibility index (Phi) is 8.44. The normalized spacial score (nSPS) is 30.1. The molecule has 0 amide bonds. The summed E-state index contributed by atoms with van der Waals surface area (Å²) in [5.41, 5.74) is 0. The van der Waals surface area contributed by atoms with Gasteiger partial charge in [-0.1, -0.05) is 7.43 Å². The number of hydrogen-bond acceptors (Lipinski definition) is 2. The van der Waals surface area contributed by atoms with E-state index in [1.54, 1.807) is 0 Å². The molecule has 3 heteroatoms. The molecule has 0 N–H and O–H groups in total. The molecule has 0 unspecified atom stereocenters. The Morgan fingerprint density at radius 1 is 1.18 bits per heavy atom. The molecule has 0 aromatic carbocycles. The smallest absolute Gasteiger partial charge is 0.106 e. The highest BCUT2D eigenvalue weighted by molar-refractivity contribution is 5.10. The fourth-order valence-corrected chi connectivity index (χ4v) is 3.12. The molecule has 3 fully saturated rings. The number of fused-ring (bicyclic) bond motifs is 3. The molecule has 2 bridgehead atoms. The van der Waals surface area contributed by atoms with Gasteiger partial charge in [-0.15, -0.1) is 0 Å². The van der Waals surface area contributed by atoms with Crippen molar-refractivity contribution in [3.63, 3.8) is 0 Å². The van der Waals surface area contributed by atoms with Crippen molar-refractivity contribution in [1.82, 2.24) is 0 Å². The minimum atomic E-state index is 0. The highest BCUT2D eigenvalue weighted by atomic mass is 16.5. The number of carbonyl (C=O) groups excluding carboxylic acids is 1. The lowest BCUT2D eigenvalue weighted by molar-refractivity contribution is -0.942. The summed E-state index contributed by atoms with van der Waals surface area (Å²) in [5, 5.41) is 0. The van der Waals surface area contributed by atoms with Gasteiger partial charge in [-0.25, -0.2) is 0 Å². The van der Waals surface area contributed by atoms with Crippen molar-refractivity contribution < 1.29 is 14.0 Å². The topological polar surface area (TPSA) is 26.3 Å². The second-order valence-corrected chi connectivity index (χ2v) is 5.02. The highest BCUT2D eigenvalue weighted by Crippen LogP contribution is 2.33. The van der Waals surface area contributed by atoms with Crippen LogP contribution in [0.3, 0.4) is 0 Å². The third-order valence-corrected chi connectivity index (χ3v) is 4.16. The van der Waals surface area contributed by atoms with Crippen molar-refractivity contribution >= 4 is 6.79 Å². The zero-order valence-electron chi connectivity index (χ0n) is 10.6. The molecule has 0 spiro atoms. The van der Waals surface area contributed by atoms with E-state index in [4.69, 9.17) is 9.53 Å². The molecule has 3 aliphatic heterocycles. The van der Waals surface area contributed by atoms with E-state index in [0.717, 1.165) is 19.1 Å². The predicted octanol–water partition coefficient (Wildman–Crippen LogP) is 2.49. The van der Waals surface area contributed by atoms with E-state index in [1.165, 1.54) is 56.3 Å². The second kappa shape index (κ2) is 8.65. The van der Waals surface area contributed by atoms with Crippen molar-refractivity contribution in [2.45, 2.75) is 40.0 Å². The van der Waals surface area contributed by atoms with Crippen LogP contribution in [0, 0.1) is 5.92 Å². The molecule has 3 nitrogen and oxygen atoms in total. The van der Waals surface area contributed by atoms with E-state index in [-0.39, 0.29) is 7.43 Å². The Morgan fingerprint density at radius 2 is 1.71 bits per heavy atom. The maximum absolute atomic E-state index is 8.00. The third kappa shape index (κ3) is 4.76. The maximum Gasteiger partial charge on any atom is 0.106 e. The Bertz CT molecular complexity index is 175. The van der Waals surface area contributed by atoms with Gasteiger partial charge in [-0.2, -0.15) is 0 Å². The molecular weight excluding hydrogens is 214 g/mol. The average Bonchev–Trinajstić information content (AvgIpc) is 2.39. The van der Waals surface area contributed by atoms with Crippen LogP contribution < -0.4 is 0 Å². The Balaban J connectivity index is 0.000000811. The van der Waals surface area contributed by atoms with Gasteiger partial charge in [0.1, 0.15) is 6.79 Å². The number of carbonyl (C=O) groups is 1. The minimum absolute atomic E-state index is 0. The van der Waals surface area contributed by atoms with Gasteiger partial charge in [0.15, 0.2) is 0 Å². The number of ether oxygens (including phenoxy) is 1. The van der Waals surface area contributed by atoms with Gasteiger partial charge < -0.3 is 14.0 Å². The van der Waals surface area contributed by atoms with Crippen LogP contribution in [0.5, 0.6) is 0 Å². The summed E-state index contributed by atoms with van der Waals surface area (Å²) in [6.07, 6.45) is 5.75. The summed E-state index contributed by atoms with van der Waals surface area (Å²) < 4.78 is 6.84. The number of piperidine rings is 3. The fraction of sp³-hybridized carbons (Fsp3) is 0.929. The van der Waals surface area contributed by atoms with Crippen LogP contribution in [0.4, 0.5) is 0 Å². The van der Waals surface area contributed by atoms with Crippen molar-refractivity contribution in [1.29, 1.82) is 0 Å². The lowest BCUT2D eigenvalue weighted by atomic mass is 9.85. The van der Waals surface area contributed by atoms with Crippen molar-refractivity contribution in [3.8, 4) is 0 Å². The molecule has 3 saturated heterocycles. The summed E-state index contributed by atoms with van der Waals surface area (Å²) in [6, 6.07) is 0. The van der Waals surface area contributed by atoms with E-state index in [2.05, 4.69) is 6.92 Å². The van der Waals surface area contributed by atoms with Gasteiger partial charge in [0.2, 0.25) is 0 Å². The Hall–Kier alpha value is -0.410. The fourth-order valence-electron chi connectivity index (χ4n) is 3.12. The van der Waals surface area contributed by atoms with Gasteiger partial charge >= 0.3 is 0 Å². The van der Waals surface area contributed by atoms with Crippen LogP contribution in [-0.2, 0) is 9.53 Å². The largest absolute Gasteiger partial charge is 0.382 e. The zero-order chi connectivity index (χ0) is 11.9. The first-order valence-corrected chi connectivity index (χ1v) is 6.56. The van der Waals surface area contributed by atoms with Crippen LogP contribution in [0.1, 0.15) is 40.0 Å². The maximum atomic E-state index is 8.00. The van der Waals surface area contributed by atoms with Crippen LogP contribution in [0.15, 0.2) is 0 Å². The lowest BCUT2D eigenvalue weighted by Crippen LogP contribution is -2.58. The minimum Gasteiger partial charge on any atom is -0.382 e. The van der Waals surface area contributed by atoms with Gasteiger partial charge in [-0.05, 0) is 32.1 Å². The van der Waals surface area contributed by atoms with Crippen LogP contribution in [0.2, 0.25) is 0 Å². The zero-order valence-corrected chi connectivity index (χ0v) is 10.6. The summed E-state index contributed by atoms with van der Waals surface area (Å²) >= 11 is 0. The van der Waals surface area contributed by atoms with Gasteiger partial charge in [0.25, 0.3) is 0 Å². The second-order valence-electron chi connectivity index (χ2n) is 5.02. The number of quaternary nitrogens is 1. The molecular formula is C14H30NO2+. The first-order valence-electron chi connectivity index (χ1n) is 6.56. The first kappa shape index (κ1) is 16.6. The molecule has 0 aromatic rings. The molecule has 102 valence electrons. The average molecular weight is 244 g/mol. The molecule has 17 heavy (non-hydrogen) atoms. The van der Waals surface area contributed by atoms with E-state index in [9.17, 15) is 0 Å². The van der Waals surface area contributed by atoms with E-state index < -0.39 is 0 Å². The predicted molar refractivity (Wildman–Crippen MR) is 72.0 cm³/mol. The standard InChI is InChI=1S/C12H24NO.CH2O.CH4/c1-2-14-11-3-7-13-8-4-12(5-9-13)6-10-13;1-2;/h12H,2-11H2,1H3;1H2;1H4/q+1;;. The van der Waals surface area contributed by atoms with Crippen LogP contribution >= 0.6 is 0 Å². The molecule has 0 aliphatic carbocycles. The van der Waals surface area contributed by atoms with Gasteiger partial charge in [0.05, 0.1) is 32.8 Å². The third-order valence-electron chi connectivity index (χ3n) is 4.16. The highest BCUT2D eigenvalue weighted by Gasteiger charge is 2.38. The molecule has 0 radical (unpaired) electrons. The van der Waals surface area contributed by atoms with Crippen molar-refractivity contribution in [2.75, 3.05) is 39.4 Å². The van der Waals surface area contributed by atoms with Gasteiger partial charge in [-0.3, -0.25) is 0 Å². The molecule has 3 rings (SSSR count). The van der Waals surface area contributed by atoms with Crippen molar-refractivity contribution in [3.05, 3.63) is 0 Å². The van der Waals surface area contributed by atoms with Crippen molar-refractivity contribution in [2.24, 2.45) is 5.92 Å². The number of hydrogen-bond donors (Lipinski definition) is 0. The summed E-state index contributed by atoms with van der Waals surface area (Å²) in [7, 11) is 0. The quantitative estimate of drug-likeness (QED) is 0.548. The summed E-state index contributed by atoms with van der Waals surface area (Å²) in [6.45, 7) is 11.7. The molecule has 0 atom stereocenters. The first-order chi connectivity index (χ1) is 7.85. The lowest BCUT2D eigenvalue weighted by Gasteiger charge is -2.49. The van der Waals surface area contributed by atoms with E-state index in [0.29, 0.717) is 0 Å². The SMILES string of the molecule is C.C=O.CCOCCC[N+]12CCC(CC1)CC2. The van der Waals surface area contributed by atoms with E-state index in [1.807, 2.05) is 6.79 Å². The molecule has 0 aromatic heterocycles. The summed E-state index contributed by atoms with van der Waals surface area (Å²) in [4.78, 5) is 8.00. The van der Waals surface area contributed by atoms with Crippen LogP contribution in [-0.4, -0.2) is 50.7 Å². The molecule has 0 saturated carbocycles. The Labute approximate surface area is 107 Å². The molecule has 3 aliphatic rings. The Morgan fingerprint density at radius 3 is 2.18 bits per heavy atom. The van der Waals surface area contributed by atoms with Gasteiger partial charge in [0, 0.05) is 13.0 Å².